The number of amides is 1. The van der Waals surface area contributed by atoms with Gasteiger partial charge in [0.2, 0.25) is 0 Å². The molecule has 1 atom stereocenters. The molecule has 4 rings (SSSR count). The predicted octanol–water partition coefficient (Wildman–Crippen LogP) is 6.24. The summed E-state index contributed by atoms with van der Waals surface area (Å²) in [4.78, 5) is 14.6. The lowest BCUT2D eigenvalue weighted by Crippen LogP contribution is -2.22. The number of thiophene rings is 1. The summed E-state index contributed by atoms with van der Waals surface area (Å²) in [5, 5.41) is 10.8. The van der Waals surface area contributed by atoms with Crippen molar-refractivity contribution in [1.82, 2.24) is 0 Å². The zero-order valence-electron chi connectivity index (χ0n) is 17.1. The van der Waals surface area contributed by atoms with Crippen LogP contribution in [0.3, 0.4) is 0 Å². The third-order valence-electron chi connectivity index (χ3n) is 5.31. The second-order valence-electron chi connectivity index (χ2n) is 7.82. The van der Waals surface area contributed by atoms with Gasteiger partial charge in [-0.2, -0.15) is 0 Å². The van der Waals surface area contributed by atoms with E-state index in [0.29, 0.717) is 11.0 Å². The third-order valence-corrected chi connectivity index (χ3v) is 6.68. The van der Waals surface area contributed by atoms with Gasteiger partial charge in [0.05, 0.1) is 5.56 Å². The molecule has 1 aliphatic carbocycles. The second kappa shape index (κ2) is 8.98. The van der Waals surface area contributed by atoms with Crippen molar-refractivity contribution in [2.24, 2.45) is 5.92 Å². The van der Waals surface area contributed by atoms with Crippen molar-refractivity contribution in [2.75, 3.05) is 16.0 Å². The van der Waals surface area contributed by atoms with E-state index in [1.165, 1.54) is 4.88 Å². The van der Waals surface area contributed by atoms with Crippen LogP contribution in [0, 0.1) is 12.8 Å². The number of nitrogens with one attached hydrogen (secondary N) is 3. The first-order valence-electron chi connectivity index (χ1n) is 10.1. The van der Waals surface area contributed by atoms with E-state index >= 15 is 0 Å². The molecule has 6 heteroatoms. The maximum absolute atomic E-state index is 13.3. The van der Waals surface area contributed by atoms with Crippen molar-refractivity contribution in [2.45, 2.75) is 33.1 Å². The van der Waals surface area contributed by atoms with Crippen molar-refractivity contribution in [3.05, 3.63) is 76.2 Å². The largest absolute Gasteiger partial charge is 0.332 e. The van der Waals surface area contributed by atoms with Crippen molar-refractivity contribution in [3.8, 4) is 0 Å². The van der Waals surface area contributed by atoms with Crippen molar-refractivity contribution >= 4 is 51.0 Å². The minimum atomic E-state index is -0.0871. The molecular formula is C24H25N3OS2. The number of hydrogen-bond donors (Lipinski definition) is 3. The van der Waals surface area contributed by atoms with E-state index < -0.39 is 0 Å². The molecule has 0 unspecified atom stereocenters. The summed E-state index contributed by atoms with van der Waals surface area (Å²) in [6, 6.07) is 17.7. The molecule has 3 aromatic rings. The van der Waals surface area contributed by atoms with Gasteiger partial charge in [-0.25, -0.2) is 0 Å². The summed E-state index contributed by atoms with van der Waals surface area (Å²) in [6.07, 6.45) is 3.02. The molecule has 0 saturated carbocycles. The number of hydrogen-bond acceptors (Lipinski definition) is 3. The molecule has 0 fully saturated rings. The first kappa shape index (κ1) is 20.6. The number of fused-ring (bicyclic) bond motifs is 1. The van der Waals surface area contributed by atoms with Gasteiger partial charge in [-0.15, -0.1) is 11.3 Å². The molecule has 1 amide bonds. The summed E-state index contributed by atoms with van der Waals surface area (Å²) in [5.41, 5.74) is 4.75. The van der Waals surface area contributed by atoms with E-state index in [-0.39, 0.29) is 5.91 Å². The molecule has 0 bridgehead atoms. The molecule has 0 spiro atoms. The second-order valence-corrected chi connectivity index (χ2v) is 9.33. The number of carbonyl (C=O) groups is 1. The first-order chi connectivity index (χ1) is 14.5. The van der Waals surface area contributed by atoms with Gasteiger partial charge in [0, 0.05) is 16.3 Å². The highest BCUT2D eigenvalue weighted by molar-refractivity contribution is 7.80. The Labute approximate surface area is 186 Å². The van der Waals surface area contributed by atoms with E-state index in [1.807, 2.05) is 61.5 Å². The molecule has 3 N–H and O–H groups in total. The predicted molar refractivity (Wildman–Crippen MR) is 131 cm³/mol. The molecule has 0 radical (unpaired) electrons. The van der Waals surface area contributed by atoms with Crippen molar-refractivity contribution in [3.63, 3.8) is 0 Å². The normalized spacial score (nSPS) is 15.2. The fourth-order valence-corrected chi connectivity index (χ4v) is 5.39. The first-order valence-corrected chi connectivity index (χ1v) is 11.4. The Bertz CT molecular complexity index is 1060. The van der Waals surface area contributed by atoms with Crippen LogP contribution in [0.4, 0.5) is 16.4 Å². The highest BCUT2D eigenvalue weighted by atomic mass is 32.1. The lowest BCUT2D eigenvalue weighted by atomic mass is 9.88. The molecule has 1 aliphatic rings. The average Bonchev–Trinajstić information content (AvgIpc) is 3.07. The molecule has 1 aromatic heterocycles. The van der Waals surface area contributed by atoms with Crippen LogP contribution in [0.1, 0.15) is 39.7 Å². The summed E-state index contributed by atoms with van der Waals surface area (Å²) in [5.74, 6) is 0.544. The maximum Gasteiger partial charge on any atom is 0.258 e. The molecule has 4 nitrogen and oxygen atoms in total. The minimum absolute atomic E-state index is 0.0871. The quantitative estimate of drug-likeness (QED) is 0.425. The SMILES string of the molecule is Cc1ccc(NC(=O)c2c(NC(=S)Nc3ccccc3)sc3c2CC[C@@H](C)C3)cc1. The summed E-state index contributed by atoms with van der Waals surface area (Å²) in [6.45, 7) is 4.30. The average molecular weight is 436 g/mol. The number of carbonyl (C=O) groups excluding carboxylic acids is 1. The van der Waals surface area contributed by atoms with Crippen LogP contribution in [0.2, 0.25) is 0 Å². The number of aryl methyl sites for hydroxylation is 1. The van der Waals surface area contributed by atoms with Gasteiger partial charge < -0.3 is 16.0 Å². The summed E-state index contributed by atoms with van der Waals surface area (Å²) in [7, 11) is 0. The smallest absolute Gasteiger partial charge is 0.258 e. The molecule has 2 aromatic carbocycles. The number of rotatable bonds is 4. The lowest BCUT2D eigenvalue weighted by molar-refractivity contribution is 0.102. The van der Waals surface area contributed by atoms with Gasteiger partial charge in [-0.05, 0) is 74.2 Å². The molecule has 0 saturated heterocycles. The fraction of sp³-hybridized carbons (Fsp3) is 0.250. The van der Waals surface area contributed by atoms with E-state index in [2.05, 4.69) is 22.9 Å². The van der Waals surface area contributed by atoms with E-state index in [0.717, 1.165) is 52.3 Å². The van der Waals surface area contributed by atoms with Crippen LogP contribution in [0.5, 0.6) is 0 Å². The Kier molecular flexibility index (Phi) is 6.16. The Hall–Kier alpha value is -2.70. The number of benzene rings is 2. The Morgan fingerprint density at radius 3 is 2.43 bits per heavy atom. The van der Waals surface area contributed by atoms with Crippen LogP contribution in [0.25, 0.3) is 0 Å². The standard InChI is InChI=1S/C24H25N3OS2/c1-15-8-11-18(12-9-15)25-22(28)21-19-13-10-16(2)14-20(19)30-23(21)27-24(29)26-17-6-4-3-5-7-17/h3-9,11-12,16H,10,13-14H2,1-2H3,(H,25,28)(H2,26,27,29)/t16-/m1/s1. The summed E-state index contributed by atoms with van der Waals surface area (Å²) < 4.78 is 0. The molecule has 1 heterocycles. The Morgan fingerprint density at radius 2 is 1.70 bits per heavy atom. The van der Waals surface area contributed by atoms with Crippen LogP contribution >= 0.6 is 23.6 Å². The number of thiocarbonyl (C=S) groups is 1. The lowest BCUT2D eigenvalue weighted by Gasteiger charge is -2.18. The van der Waals surface area contributed by atoms with Gasteiger partial charge in [0.15, 0.2) is 5.11 Å². The number of anilines is 3. The van der Waals surface area contributed by atoms with E-state index in [1.54, 1.807) is 11.3 Å². The zero-order valence-corrected chi connectivity index (χ0v) is 18.8. The molecule has 30 heavy (non-hydrogen) atoms. The summed E-state index contributed by atoms with van der Waals surface area (Å²) >= 11 is 7.17. The van der Waals surface area contributed by atoms with E-state index in [9.17, 15) is 4.79 Å². The van der Waals surface area contributed by atoms with Crippen LogP contribution in [0.15, 0.2) is 54.6 Å². The van der Waals surface area contributed by atoms with Gasteiger partial charge in [-0.3, -0.25) is 4.79 Å². The molecule has 154 valence electrons. The van der Waals surface area contributed by atoms with Crippen molar-refractivity contribution < 1.29 is 4.79 Å². The van der Waals surface area contributed by atoms with Gasteiger partial charge in [0.25, 0.3) is 5.91 Å². The number of para-hydroxylation sites is 1. The topological polar surface area (TPSA) is 53.2 Å². The fourth-order valence-electron chi connectivity index (χ4n) is 3.70. The third kappa shape index (κ3) is 4.71. The van der Waals surface area contributed by atoms with Gasteiger partial charge in [0.1, 0.15) is 5.00 Å². The van der Waals surface area contributed by atoms with Crippen molar-refractivity contribution in [1.29, 1.82) is 0 Å². The van der Waals surface area contributed by atoms with Gasteiger partial charge >= 0.3 is 0 Å². The Balaban J connectivity index is 1.60. The van der Waals surface area contributed by atoms with Crippen LogP contribution < -0.4 is 16.0 Å². The molecular weight excluding hydrogens is 410 g/mol. The van der Waals surface area contributed by atoms with Crippen LogP contribution in [-0.2, 0) is 12.8 Å². The van der Waals surface area contributed by atoms with E-state index in [4.69, 9.17) is 12.2 Å². The Morgan fingerprint density at radius 1 is 1.00 bits per heavy atom. The highest BCUT2D eigenvalue weighted by Crippen LogP contribution is 2.40. The van der Waals surface area contributed by atoms with Gasteiger partial charge in [-0.1, -0.05) is 42.8 Å². The molecule has 0 aliphatic heterocycles. The van der Waals surface area contributed by atoms with Crippen LogP contribution in [-0.4, -0.2) is 11.0 Å². The monoisotopic (exact) mass is 435 g/mol. The maximum atomic E-state index is 13.3. The zero-order chi connectivity index (χ0) is 21.1. The highest BCUT2D eigenvalue weighted by Gasteiger charge is 2.28. The minimum Gasteiger partial charge on any atom is -0.332 e.